The molecule has 7 heteroatoms. The molecule has 2 amide bonds. The predicted molar refractivity (Wildman–Crippen MR) is 85.0 cm³/mol. The summed E-state index contributed by atoms with van der Waals surface area (Å²) in [6.07, 6.45) is 4.94. The molecule has 1 atom stereocenters. The Morgan fingerprint density at radius 1 is 1.29 bits per heavy atom. The Morgan fingerprint density at radius 2 is 2.17 bits per heavy atom. The fraction of sp³-hybridized carbons (Fsp3) is 0.471. The highest BCUT2D eigenvalue weighted by atomic mass is 19.1. The van der Waals surface area contributed by atoms with Crippen LogP contribution < -0.4 is 5.32 Å². The van der Waals surface area contributed by atoms with Crippen molar-refractivity contribution in [3.63, 3.8) is 0 Å². The molecule has 24 heavy (non-hydrogen) atoms. The molecule has 1 saturated carbocycles. The van der Waals surface area contributed by atoms with Crippen LogP contribution in [0.2, 0.25) is 0 Å². The molecule has 0 unspecified atom stereocenters. The maximum absolute atomic E-state index is 13.3. The van der Waals surface area contributed by atoms with Crippen LogP contribution in [0, 0.1) is 5.82 Å². The molecule has 1 N–H and O–H groups in total. The number of likely N-dealkylation sites (tertiary alicyclic amines) is 1. The number of piperidine rings is 1. The summed E-state index contributed by atoms with van der Waals surface area (Å²) in [4.78, 5) is 18.8. The van der Waals surface area contributed by atoms with Gasteiger partial charge in [0, 0.05) is 18.2 Å². The minimum Gasteiger partial charge on any atom is -0.337 e. The molecule has 0 radical (unpaired) electrons. The molecule has 0 bridgehead atoms. The van der Waals surface area contributed by atoms with Gasteiger partial charge in [0.15, 0.2) is 5.82 Å². The third-order valence-corrected chi connectivity index (χ3v) is 4.52. The van der Waals surface area contributed by atoms with Gasteiger partial charge < -0.3 is 14.7 Å². The number of hydrogen-bond donors (Lipinski definition) is 1. The SMILES string of the molecule is O=C(Nc1cccc(F)c1)N1CCCC[C@H]1c1nc(C2CC2)no1. The van der Waals surface area contributed by atoms with E-state index in [2.05, 4.69) is 15.5 Å². The van der Waals surface area contributed by atoms with Crippen molar-refractivity contribution in [2.24, 2.45) is 0 Å². The van der Waals surface area contributed by atoms with Gasteiger partial charge in [-0.2, -0.15) is 4.98 Å². The van der Waals surface area contributed by atoms with E-state index in [-0.39, 0.29) is 17.9 Å². The lowest BCUT2D eigenvalue weighted by Gasteiger charge is -2.33. The van der Waals surface area contributed by atoms with Crippen LogP contribution in [0.5, 0.6) is 0 Å². The normalized spacial score (nSPS) is 20.9. The number of nitrogens with zero attached hydrogens (tertiary/aromatic N) is 3. The number of urea groups is 1. The highest BCUT2D eigenvalue weighted by molar-refractivity contribution is 5.89. The average molecular weight is 330 g/mol. The second-order valence-corrected chi connectivity index (χ2v) is 6.41. The fourth-order valence-corrected chi connectivity index (χ4v) is 3.08. The van der Waals surface area contributed by atoms with Crippen molar-refractivity contribution in [1.82, 2.24) is 15.0 Å². The summed E-state index contributed by atoms with van der Waals surface area (Å²) in [7, 11) is 0. The van der Waals surface area contributed by atoms with Gasteiger partial charge in [-0.05, 0) is 50.3 Å². The highest BCUT2D eigenvalue weighted by Gasteiger charge is 2.35. The van der Waals surface area contributed by atoms with Gasteiger partial charge in [0.1, 0.15) is 11.9 Å². The molecule has 2 aliphatic rings. The lowest BCUT2D eigenvalue weighted by atomic mass is 10.0. The number of rotatable bonds is 3. The van der Waals surface area contributed by atoms with Gasteiger partial charge in [0.05, 0.1) is 0 Å². The first kappa shape index (κ1) is 15.1. The Hall–Kier alpha value is -2.44. The lowest BCUT2D eigenvalue weighted by molar-refractivity contribution is 0.142. The largest absolute Gasteiger partial charge is 0.337 e. The maximum Gasteiger partial charge on any atom is 0.322 e. The van der Waals surface area contributed by atoms with Crippen LogP contribution >= 0.6 is 0 Å². The van der Waals surface area contributed by atoms with E-state index in [1.165, 1.54) is 12.1 Å². The van der Waals surface area contributed by atoms with Crippen molar-refractivity contribution < 1.29 is 13.7 Å². The van der Waals surface area contributed by atoms with Crippen LogP contribution in [-0.2, 0) is 0 Å². The standard InChI is InChI=1S/C17H19FN4O2/c18-12-4-3-5-13(10-12)19-17(23)22-9-2-1-6-14(22)16-20-15(21-24-16)11-7-8-11/h3-5,10-11,14H,1-2,6-9H2,(H,19,23)/t14-/m0/s1. The van der Waals surface area contributed by atoms with Crippen LogP contribution in [0.3, 0.4) is 0 Å². The smallest absolute Gasteiger partial charge is 0.322 e. The van der Waals surface area contributed by atoms with E-state index in [1.54, 1.807) is 17.0 Å². The lowest BCUT2D eigenvalue weighted by Crippen LogP contribution is -2.41. The number of aromatic nitrogens is 2. The van der Waals surface area contributed by atoms with E-state index in [9.17, 15) is 9.18 Å². The molecule has 126 valence electrons. The first-order valence-electron chi connectivity index (χ1n) is 8.37. The minimum absolute atomic E-state index is 0.215. The van der Waals surface area contributed by atoms with Crippen LogP contribution in [0.15, 0.2) is 28.8 Å². The molecule has 2 heterocycles. The van der Waals surface area contributed by atoms with Crippen molar-refractivity contribution in [3.8, 4) is 0 Å². The molecule has 1 aromatic heterocycles. The van der Waals surface area contributed by atoms with Gasteiger partial charge in [-0.1, -0.05) is 11.2 Å². The van der Waals surface area contributed by atoms with Crippen LogP contribution in [0.25, 0.3) is 0 Å². The number of carbonyl (C=O) groups is 1. The van der Waals surface area contributed by atoms with Gasteiger partial charge in [-0.25, -0.2) is 9.18 Å². The van der Waals surface area contributed by atoms with E-state index in [4.69, 9.17) is 4.52 Å². The zero-order chi connectivity index (χ0) is 16.5. The van der Waals surface area contributed by atoms with E-state index in [0.29, 0.717) is 24.0 Å². The number of amides is 2. The van der Waals surface area contributed by atoms with Gasteiger partial charge in [0.2, 0.25) is 5.89 Å². The Kier molecular flexibility index (Phi) is 3.92. The molecular formula is C17H19FN4O2. The van der Waals surface area contributed by atoms with E-state index in [1.807, 2.05) is 0 Å². The summed E-state index contributed by atoms with van der Waals surface area (Å²) in [5.74, 6) is 1.29. The molecule has 1 aromatic carbocycles. The zero-order valence-electron chi connectivity index (χ0n) is 13.2. The van der Waals surface area contributed by atoms with Crippen molar-refractivity contribution in [2.75, 3.05) is 11.9 Å². The molecule has 0 spiro atoms. The van der Waals surface area contributed by atoms with Crippen molar-refractivity contribution in [3.05, 3.63) is 41.8 Å². The molecule has 6 nitrogen and oxygen atoms in total. The average Bonchev–Trinajstić information content (AvgIpc) is 3.32. The van der Waals surface area contributed by atoms with E-state index >= 15 is 0 Å². The molecule has 2 fully saturated rings. The summed E-state index contributed by atoms with van der Waals surface area (Å²) in [6, 6.07) is 5.39. The first-order valence-corrected chi connectivity index (χ1v) is 8.37. The third-order valence-electron chi connectivity index (χ3n) is 4.52. The number of carbonyl (C=O) groups excluding carboxylic acids is 1. The minimum atomic E-state index is -0.381. The Morgan fingerprint density at radius 3 is 2.96 bits per heavy atom. The summed E-state index contributed by atoms with van der Waals surface area (Å²) in [5.41, 5.74) is 0.438. The van der Waals surface area contributed by atoms with Crippen molar-refractivity contribution in [1.29, 1.82) is 0 Å². The monoisotopic (exact) mass is 330 g/mol. The Labute approximate surface area is 139 Å². The Balaban J connectivity index is 1.51. The number of halogens is 1. The van der Waals surface area contributed by atoms with Gasteiger partial charge in [-0.15, -0.1) is 0 Å². The summed E-state index contributed by atoms with van der Waals surface area (Å²) >= 11 is 0. The van der Waals surface area contributed by atoms with Crippen LogP contribution in [0.4, 0.5) is 14.9 Å². The van der Waals surface area contributed by atoms with Crippen LogP contribution in [0.1, 0.15) is 55.8 Å². The predicted octanol–water partition coefficient (Wildman–Crippen LogP) is 3.85. The molecule has 4 rings (SSSR count). The summed E-state index contributed by atoms with van der Waals surface area (Å²) < 4.78 is 18.7. The number of nitrogens with one attached hydrogen (secondary N) is 1. The second kappa shape index (κ2) is 6.22. The molecule has 1 aliphatic carbocycles. The number of benzene rings is 1. The molecule has 1 aliphatic heterocycles. The number of hydrogen-bond acceptors (Lipinski definition) is 4. The van der Waals surface area contributed by atoms with Gasteiger partial charge >= 0.3 is 6.03 Å². The molecule has 2 aromatic rings. The van der Waals surface area contributed by atoms with Crippen molar-refractivity contribution >= 4 is 11.7 Å². The van der Waals surface area contributed by atoms with E-state index in [0.717, 1.165) is 37.9 Å². The fourth-order valence-electron chi connectivity index (χ4n) is 3.08. The van der Waals surface area contributed by atoms with E-state index < -0.39 is 0 Å². The first-order chi connectivity index (χ1) is 11.7. The van der Waals surface area contributed by atoms with Gasteiger partial charge in [-0.3, -0.25) is 0 Å². The summed E-state index contributed by atoms with van der Waals surface area (Å²) in [6.45, 7) is 0.618. The maximum atomic E-state index is 13.3. The second-order valence-electron chi connectivity index (χ2n) is 6.41. The quantitative estimate of drug-likeness (QED) is 0.928. The topological polar surface area (TPSA) is 71.3 Å². The Bertz CT molecular complexity index is 744. The molecule has 1 saturated heterocycles. The van der Waals surface area contributed by atoms with Crippen LogP contribution in [-0.4, -0.2) is 27.6 Å². The molecular weight excluding hydrogens is 311 g/mol. The number of anilines is 1. The summed E-state index contributed by atoms with van der Waals surface area (Å²) in [5, 5.41) is 6.80. The zero-order valence-corrected chi connectivity index (χ0v) is 13.2. The van der Waals surface area contributed by atoms with Gasteiger partial charge in [0.25, 0.3) is 0 Å². The van der Waals surface area contributed by atoms with Crippen molar-refractivity contribution in [2.45, 2.75) is 44.1 Å². The highest BCUT2D eigenvalue weighted by Crippen LogP contribution is 2.39. The third kappa shape index (κ3) is 3.11.